The maximum atomic E-state index is 13.5. The number of pyridine rings is 1. The van der Waals surface area contributed by atoms with E-state index in [4.69, 9.17) is 11.6 Å². The molecule has 3 aliphatic heterocycles. The second-order valence-corrected chi connectivity index (χ2v) is 8.68. The molecule has 0 atom stereocenters. The van der Waals surface area contributed by atoms with Crippen LogP contribution in [0.1, 0.15) is 20.7 Å². The molecule has 3 heterocycles. The second kappa shape index (κ2) is 8.79. The van der Waals surface area contributed by atoms with Crippen LogP contribution >= 0.6 is 11.6 Å². The van der Waals surface area contributed by atoms with E-state index in [9.17, 15) is 14.4 Å². The van der Waals surface area contributed by atoms with E-state index < -0.39 is 0 Å². The van der Waals surface area contributed by atoms with E-state index in [2.05, 4.69) is 5.10 Å². The number of amides is 2. The van der Waals surface area contributed by atoms with Gasteiger partial charge in [-0.1, -0.05) is 29.8 Å². The molecule has 9 heteroatoms. The predicted octanol–water partition coefficient (Wildman–Crippen LogP) is 2.93. The topological polar surface area (TPSA) is 80.4 Å². The molecular weight excluding hydrogens is 454 g/mol. The fourth-order valence-electron chi connectivity index (χ4n) is 4.19. The number of rotatable bonds is 3. The Labute approximate surface area is 200 Å². The molecular formula is C25H22ClN5O3. The first-order chi connectivity index (χ1) is 16.4. The van der Waals surface area contributed by atoms with Gasteiger partial charge in [0.2, 0.25) is 0 Å². The average Bonchev–Trinajstić information content (AvgIpc) is 3.20. The highest BCUT2D eigenvalue weighted by molar-refractivity contribution is 6.30. The molecule has 0 unspecified atom stereocenters. The summed E-state index contributed by atoms with van der Waals surface area (Å²) in [5.74, 6) is -0.299. The van der Waals surface area contributed by atoms with Gasteiger partial charge in [-0.05, 0) is 36.4 Å². The Bertz CT molecular complexity index is 1390. The Morgan fingerprint density at radius 3 is 2.12 bits per heavy atom. The minimum atomic E-state index is -0.273. The molecule has 2 amide bonds. The van der Waals surface area contributed by atoms with E-state index in [-0.39, 0.29) is 17.4 Å². The highest BCUT2D eigenvalue weighted by atomic mass is 35.5. The first-order valence-electron chi connectivity index (χ1n) is 10.9. The molecule has 0 aromatic heterocycles. The Morgan fingerprint density at radius 1 is 0.853 bits per heavy atom. The highest BCUT2D eigenvalue weighted by Crippen LogP contribution is 2.24. The molecule has 2 aromatic rings. The van der Waals surface area contributed by atoms with Crippen LogP contribution in [0.2, 0.25) is 5.02 Å². The van der Waals surface area contributed by atoms with Crippen molar-refractivity contribution in [2.75, 3.05) is 26.2 Å². The Kier molecular flexibility index (Phi) is 5.67. The lowest BCUT2D eigenvalue weighted by Gasteiger charge is -2.35. The average molecular weight is 476 g/mol. The first kappa shape index (κ1) is 21.9. The van der Waals surface area contributed by atoms with Crippen molar-refractivity contribution in [2.24, 2.45) is 7.05 Å². The molecule has 1 saturated heterocycles. The SMILES string of the molecule is Cn1cc(C(=O)N2CCN(C(=O)c3ccc(Cl)cc3)CC2)c2nn(-c3ccccc3)c(=O)c-2c1. The van der Waals surface area contributed by atoms with Gasteiger partial charge in [0.05, 0.1) is 16.8 Å². The normalized spacial score (nSPS) is 13.9. The van der Waals surface area contributed by atoms with E-state index >= 15 is 0 Å². The summed E-state index contributed by atoms with van der Waals surface area (Å²) in [6.45, 7) is 1.62. The number of halogens is 1. The van der Waals surface area contributed by atoms with Crippen LogP contribution in [0.15, 0.2) is 71.8 Å². The summed E-state index contributed by atoms with van der Waals surface area (Å²) in [5, 5.41) is 5.07. The van der Waals surface area contributed by atoms with Gasteiger partial charge in [-0.15, -0.1) is 0 Å². The number of hydrogen-bond acceptors (Lipinski definition) is 4. The zero-order valence-electron chi connectivity index (χ0n) is 18.5. The predicted molar refractivity (Wildman–Crippen MR) is 129 cm³/mol. The number of benzene rings is 2. The molecule has 0 bridgehead atoms. The summed E-state index contributed by atoms with van der Waals surface area (Å²) < 4.78 is 3.03. The molecule has 2 aromatic carbocycles. The number of para-hydroxylation sites is 1. The quantitative estimate of drug-likeness (QED) is 0.456. The van der Waals surface area contributed by atoms with Crippen molar-refractivity contribution in [2.45, 2.75) is 0 Å². The summed E-state index contributed by atoms with van der Waals surface area (Å²) in [6.07, 6.45) is 3.38. The monoisotopic (exact) mass is 475 g/mol. The van der Waals surface area contributed by atoms with Crippen LogP contribution in [0.4, 0.5) is 0 Å². The van der Waals surface area contributed by atoms with Gasteiger partial charge >= 0.3 is 0 Å². The maximum absolute atomic E-state index is 13.5. The molecule has 34 heavy (non-hydrogen) atoms. The van der Waals surface area contributed by atoms with Crippen LogP contribution in [0.3, 0.4) is 0 Å². The van der Waals surface area contributed by atoms with Crippen LogP contribution < -0.4 is 5.56 Å². The van der Waals surface area contributed by atoms with Crippen molar-refractivity contribution in [3.8, 4) is 16.9 Å². The Balaban J connectivity index is 1.38. The summed E-state index contributed by atoms with van der Waals surface area (Å²) >= 11 is 5.92. The van der Waals surface area contributed by atoms with Crippen molar-refractivity contribution in [1.29, 1.82) is 0 Å². The maximum Gasteiger partial charge on any atom is 0.282 e. The minimum absolute atomic E-state index is 0.0881. The van der Waals surface area contributed by atoms with Gasteiger partial charge < -0.3 is 14.4 Å². The van der Waals surface area contributed by atoms with Gasteiger partial charge in [0, 0.05) is 56.2 Å². The standard InChI is InChI=1S/C25H22ClN5O3/c1-28-15-20(22-21(16-28)25(34)31(27-22)19-5-3-2-4-6-19)24(33)30-13-11-29(12-14-30)23(32)17-7-9-18(26)10-8-17/h2-10,15-16H,11-14H2,1H3. The molecule has 8 nitrogen and oxygen atoms in total. The molecule has 0 spiro atoms. The molecule has 1 fully saturated rings. The third-order valence-corrected chi connectivity index (χ3v) is 6.23. The molecule has 5 rings (SSSR count). The van der Waals surface area contributed by atoms with Gasteiger partial charge in [-0.3, -0.25) is 14.4 Å². The van der Waals surface area contributed by atoms with Crippen molar-refractivity contribution in [3.05, 3.63) is 93.5 Å². The van der Waals surface area contributed by atoms with Crippen LogP contribution in [0, 0.1) is 0 Å². The fourth-order valence-corrected chi connectivity index (χ4v) is 4.32. The number of nitrogens with zero attached hydrogens (tertiary/aromatic N) is 5. The molecule has 0 radical (unpaired) electrons. The van der Waals surface area contributed by atoms with Crippen molar-refractivity contribution < 1.29 is 9.59 Å². The number of aryl methyl sites for hydroxylation is 1. The van der Waals surface area contributed by atoms with E-state index in [1.165, 1.54) is 4.68 Å². The van der Waals surface area contributed by atoms with E-state index in [1.54, 1.807) is 70.2 Å². The van der Waals surface area contributed by atoms with Gasteiger partial charge in [-0.25, -0.2) is 0 Å². The largest absolute Gasteiger partial charge is 0.356 e. The summed E-state index contributed by atoms with van der Waals surface area (Å²) in [4.78, 5) is 42.7. The van der Waals surface area contributed by atoms with Crippen molar-refractivity contribution in [1.82, 2.24) is 24.1 Å². The van der Waals surface area contributed by atoms with Crippen molar-refractivity contribution >= 4 is 23.4 Å². The van der Waals surface area contributed by atoms with Gasteiger partial charge in [-0.2, -0.15) is 9.78 Å². The number of fused-ring (bicyclic) bond motifs is 1. The molecule has 0 saturated carbocycles. The first-order valence-corrected chi connectivity index (χ1v) is 11.3. The van der Waals surface area contributed by atoms with Crippen molar-refractivity contribution in [3.63, 3.8) is 0 Å². The lowest BCUT2D eigenvalue weighted by atomic mass is 10.1. The van der Waals surface area contributed by atoms with Crippen LogP contribution in [0.25, 0.3) is 16.9 Å². The Morgan fingerprint density at radius 2 is 1.47 bits per heavy atom. The van der Waals surface area contributed by atoms with E-state index in [0.29, 0.717) is 59.3 Å². The summed E-state index contributed by atoms with van der Waals surface area (Å²) in [7, 11) is 1.78. The lowest BCUT2D eigenvalue weighted by molar-refractivity contribution is 0.0535. The number of piperazine rings is 1. The molecule has 0 aliphatic carbocycles. The van der Waals surface area contributed by atoms with E-state index in [1.807, 2.05) is 18.2 Å². The number of carbonyl (C=O) groups excluding carboxylic acids is 2. The van der Waals surface area contributed by atoms with Crippen LogP contribution in [-0.4, -0.2) is 62.1 Å². The zero-order valence-corrected chi connectivity index (χ0v) is 19.3. The Hall–Kier alpha value is -3.91. The van der Waals surface area contributed by atoms with E-state index in [0.717, 1.165) is 0 Å². The van der Waals surface area contributed by atoms with Crippen LogP contribution in [-0.2, 0) is 7.05 Å². The number of hydrogen-bond donors (Lipinski definition) is 0. The summed E-state index contributed by atoms with van der Waals surface area (Å²) in [6, 6.07) is 15.9. The number of aromatic nitrogens is 3. The third kappa shape index (κ3) is 3.97. The molecule has 172 valence electrons. The number of carbonyl (C=O) groups is 2. The van der Waals surface area contributed by atoms with Gasteiger partial charge in [0.25, 0.3) is 17.4 Å². The fraction of sp³-hybridized carbons (Fsp3) is 0.200. The third-order valence-electron chi connectivity index (χ3n) is 5.97. The highest BCUT2D eigenvalue weighted by Gasteiger charge is 2.30. The smallest absolute Gasteiger partial charge is 0.282 e. The molecule has 0 N–H and O–H groups in total. The minimum Gasteiger partial charge on any atom is -0.356 e. The molecule has 3 aliphatic rings. The summed E-state index contributed by atoms with van der Waals surface area (Å²) in [5.41, 5.74) is 2.05. The van der Waals surface area contributed by atoms with Crippen LogP contribution in [0.5, 0.6) is 0 Å². The van der Waals surface area contributed by atoms with Gasteiger partial charge in [0.1, 0.15) is 5.69 Å². The lowest BCUT2D eigenvalue weighted by Crippen LogP contribution is -2.50. The second-order valence-electron chi connectivity index (χ2n) is 8.24. The van der Waals surface area contributed by atoms with Gasteiger partial charge in [0.15, 0.2) is 0 Å². The zero-order chi connectivity index (χ0) is 23.8.